The van der Waals surface area contributed by atoms with E-state index in [1.165, 1.54) is 17.4 Å². The van der Waals surface area contributed by atoms with Crippen LogP contribution in [-0.4, -0.2) is 33.1 Å². The van der Waals surface area contributed by atoms with E-state index in [0.717, 1.165) is 23.9 Å². The van der Waals surface area contributed by atoms with Gasteiger partial charge in [0.1, 0.15) is 0 Å². The summed E-state index contributed by atoms with van der Waals surface area (Å²) < 4.78 is 1.95. The van der Waals surface area contributed by atoms with E-state index in [1.807, 2.05) is 10.8 Å². The lowest BCUT2D eigenvalue weighted by Crippen LogP contribution is -2.24. The molecule has 0 saturated heterocycles. The highest BCUT2D eigenvalue weighted by atomic mass is 32.1. The SMILES string of the molecule is O=C(O)C=Cc1cc(C(=O)NCCCn2ccnc2)cs1. The number of carbonyl (C=O) groups excluding carboxylic acids is 1. The molecule has 0 saturated carbocycles. The van der Waals surface area contributed by atoms with E-state index in [4.69, 9.17) is 5.11 Å². The second-order valence-corrected chi connectivity index (χ2v) is 5.26. The van der Waals surface area contributed by atoms with E-state index in [9.17, 15) is 9.59 Å². The zero-order chi connectivity index (χ0) is 15.1. The summed E-state index contributed by atoms with van der Waals surface area (Å²) in [5, 5.41) is 13.1. The molecule has 0 spiro atoms. The number of hydrogen-bond acceptors (Lipinski definition) is 4. The maximum absolute atomic E-state index is 11.9. The Morgan fingerprint density at radius 2 is 2.33 bits per heavy atom. The number of rotatable bonds is 7. The highest BCUT2D eigenvalue weighted by Crippen LogP contribution is 2.16. The molecule has 1 amide bonds. The maximum Gasteiger partial charge on any atom is 0.328 e. The average molecular weight is 305 g/mol. The van der Waals surface area contributed by atoms with Crippen LogP contribution in [-0.2, 0) is 11.3 Å². The molecular formula is C14H15N3O3S. The number of carboxylic acids is 1. The lowest BCUT2D eigenvalue weighted by Gasteiger charge is -2.04. The second-order valence-electron chi connectivity index (χ2n) is 4.32. The summed E-state index contributed by atoms with van der Waals surface area (Å²) in [5.74, 6) is -1.15. The molecule has 0 aliphatic rings. The van der Waals surface area contributed by atoms with Crippen LogP contribution < -0.4 is 5.32 Å². The topological polar surface area (TPSA) is 84.2 Å². The van der Waals surface area contributed by atoms with Crippen molar-refractivity contribution in [2.24, 2.45) is 0 Å². The molecule has 6 nitrogen and oxygen atoms in total. The molecule has 0 aromatic carbocycles. The van der Waals surface area contributed by atoms with Gasteiger partial charge < -0.3 is 15.0 Å². The minimum Gasteiger partial charge on any atom is -0.478 e. The molecule has 2 aromatic rings. The Labute approximate surface area is 125 Å². The lowest BCUT2D eigenvalue weighted by molar-refractivity contribution is -0.131. The molecule has 0 bridgehead atoms. The number of hydrogen-bond donors (Lipinski definition) is 2. The molecule has 110 valence electrons. The number of nitrogens with one attached hydrogen (secondary N) is 1. The molecule has 0 atom stereocenters. The number of aryl methyl sites for hydroxylation is 1. The largest absolute Gasteiger partial charge is 0.478 e. The van der Waals surface area contributed by atoms with Crippen LogP contribution in [0, 0.1) is 0 Å². The van der Waals surface area contributed by atoms with Crippen molar-refractivity contribution in [3.05, 3.63) is 46.7 Å². The quantitative estimate of drug-likeness (QED) is 0.604. The molecular weight excluding hydrogens is 290 g/mol. The maximum atomic E-state index is 11.9. The normalized spacial score (nSPS) is 10.9. The van der Waals surface area contributed by atoms with Crippen molar-refractivity contribution in [2.45, 2.75) is 13.0 Å². The summed E-state index contributed by atoms with van der Waals surface area (Å²) in [7, 11) is 0. The number of aromatic nitrogens is 2. The monoisotopic (exact) mass is 305 g/mol. The first-order valence-corrected chi connectivity index (χ1v) is 7.26. The van der Waals surface area contributed by atoms with Crippen LogP contribution in [0.1, 0.15) is 21.7 Å². The van der Waals surface area contributed by atoms with Gasteiger partial charge in [-0.15, -0.1) is 11.3 Å². The molecule has 0 aliphatic carbocycles. The van der Waals surface area contributed by atoms with Crippen molar-refractivity contribution < 1.29 is 14.7 Å². The van der Waals surface area contributed by atoms with Gasteiger partial charge in [0.2, 0.25) is 0 Å². The third-order valence-electron chi connectivity index (χ3n) is 2.71. The smallest absolute Gasteiger partial charge is 0.328 e. The van der Waals surface area contributed by atoms with Gasteiger partial charge in [-0.25, -0.2) is 9.78 Å². The number of amides is 1. The zero-order valence-corrected chi connectivity index (χ0v) is 12.0. The first-order chi connectivity index (χ1) is 10.1. The van der Waals surface area contributed by atoms with Gasteiger partial charge in [-0.3, -0.25) is 4.79 Å². The van der Waals surface area contributed by atoms with Gasteiger partial charge >= 0.3 is 5.97 Å². The van der Waals surface area contributed by atoms with Gasteiger partial charge in [-0.2, -0.15) is 0 Å². The molecule has 0 unspecified atom stereocenters. The molecule has 7 heteroatoms. The number of carbonyl (C=O) groups is 2. The summed E-state index contributed by atoms with van der Waals surface area (Å²) >= 11 is 1.33. The Morgan fingerprint density at radius 3 is 3.05 bits per heavy atom. The molecule has 2 heterocycles. The highest BCUT2D eigenvalue weighted by molar-refractivity contribution is 7.11. The third-order valence-corrected chi connectivity index (χ3v) is 3.61. The Balaban J connectivity index is 1.76. The van der Waals surface area contributed by atoms with E-state index >= 15 is 0 Å². The van der Waals surface area contributed by atoms with Crippen LogP contribution in [0.25, 0.3) is 6.08 Å². The standard InChI is InChI=1S/C14H15N3O3S/c18-13(19)3-2-12-8-11(9-21-12)14(20)16-4-1-6-17-7-5-15-10-17/h2-3,5,7-10H,1,4,6H2,(H,16,20)(H,18,19). The van der Waals surface area contributed by atoms with Crippen molar-refractivity contribution in [3.63, 3.8) is 0 Å². The van der Waals surface area contributed by atoms with Gasteiger partial charge in [0.05, 0.1) is 11.9 Å². The van der Waals surface area contributed by atoms with Gasteiger partial charge in [0, 0.05) is 41.8 Å². The van der Waals surface area contributed by atoms with Crippen LogP contribution in [0.15, 0.2) is 36.2 Å². The van der Waals surface area contributed by atoms with Crippen LogP contribution in [0.5, 0.6) is 0 Å². The van der Waals surface area contributed by atoms with Crippen molar-refractivity contribution in [1.82, 2.24) is 14.9 Å². The summed E-state index contributed by atoms with van der Waals surface area (Å²) in [4.78, 5) is 27.0. The number of nitrogens with zero attached hydrogens (tertiary/aromatic N) is 2. The predicted octanol–water partition coefficient (Wildman–Crippen LogP) is 1.86. The fraction of sp³-hybridized carbons (Fsp3) is 0.214. The van der Waals surface area contributed by atoms with Gasteiger partial charge in [-0.1, -0.05) is 0 Å². The van der Waals surface area contributed by atoms with Crippen LogP contribution in [0.2, 0.25) is 0 Å². The molecule has 0 aliphatic heterocycles. The van der Waals surface area contributed by atoms with Gasteiger partial charge in [-0.05, 0) is 18.6 Å². The third kappa shape index (κ3) is 4.88. The fourth-order valence-corrected chi connectivity index (χ4v) is 2.48. The summed E-state index contributed by atoms with van der Waals surface area (Å²) in [6, 6.07) is 1.68. The summed E-state index contributed by atoms with van der Waals surface area (Å²) in [6.45, 7) is 1.38. The Bertz CT molecular complexity index is 632. The van der Waals surface area contributed by atoms with Gasteiger partial charge in [0.15, 0.2) is 0 Å². The summed E-state index contributed by atoms with van der Waals surface area (Å²) in [6.07, 6.45) is 8.68. The summed E-state index contributed by atoms with van der Waals surface area (Å²) in [5.41, 5.74) is 0.549. The van der Waals surface area contributed by atoms with E-state index in [2.05, 4.69) is 10.3 Å². The first-order valence-electron chi connectivity index (χ1n) is 6.38. The molecule has 2 rings (SSSR count). The molecule has 0 fully saturated rings. The van der Waals surface area contributed by atoms with E-state index < -0.39 is 5.97 Å². The molecule has 21 heavy (non-hydrogen) atoms. The van der Waals surface area contributed by atoms with Crippen molar-refractivity contribution in [3.8, 4) is 0 Å². The molecule has 0 radical (unpaired) electrons. The lowest BCUT2D eigenvalue weighted by atomic mass is 10.2. The Hall–Kier alpha value is -2.41. The molecule has 2 aromatic heterocycles. The van der Waals surface area contributed by atoms with Gasteiger partial charge in [0.25, 0.3) is 5.91 Å². The van der Waals surface area contributed by atoms with E-state index in [0.29, 0.717) is 12.1 Å². The Morgan fingerprint density at radius 1 is 1.48 bits per heavy atom. The average Bonchev–Trinajstić information content (AvgIpc) is 3.12. The number of aliphatic carboxylic acids is 1. The minimum atomic E-state index is -1.01. The van der Waals surface area contributed by atoms with Crippen molar-refractivity contribution in [1.29, 1.82) is 0 Å². The van der Waals surface area contributed by atoms with E-state index in [-0.39, 0.29) is 5.91 Å². The minimum absolute atomic E-state index is 0.146. The highest BCUT2D eigenvalue weighted by Gasteiger charge is 2.07. The number of imidazole rings is 1. The molecule has 2 N–H and O–H groups in total. The van der Waals surface area contributed by atoms with Crippen molar-refractivity contribution in [2.75, 3.05) is 6.54 Å². The number of thiophene rings is 1. The zero-order valence-electron chi connectivity index (χ0n) is 11.2. The fourth-order valence-electron chi connectivity index (χ4n) is 1.70. The number of carboxylic acid groups (broad SMARTS) is 1. The van der Waals surface area contributed by atoms with Crippen LogP contribution in [0.4, 0.5) is 0 Å². The van der Waals surface area contributed by atoms with Crippen LogP contribution >= 0.6 is 11.3 Å². The van der Waals surface area contributed by atoms with Crippen molar-refractivity contribution >= 4 is 29.3 Å². The first kappa shape index (κ1) is 15.0. The van der Waals surface area contributed by atoms with E-state index in [1.54, 1.807) is 24.0 Å². The Kier molecular flexibility index (Phi) is 5.28. The van der Waals surface area contributed by atoms with Crippen LogP contribution in [0.3, 0.4) is 0 Å². The predicted molar refractivity (Wildman–Crippen MR) is 80.2 cm³/mol. The second kappa shape index (κ2) is 7.39.